The van der Waals surface area contributed by atoms with Crippen molar-refractivity contribution in [3.63, 3.8) is 0 Å². The lowest BCUT2D eigenvalue weighted by atomic mass is 9.97. The first-order chi connectivity index (χ1) is 9.58. The SMILES string of the molecule is CC(C)c1ccc(CCc2ccccc2C(=O)O)cc1. The van der Waals surface area contributed by atoms with Crippen molar-refractivity contribution >= 4 is 5.97 Å². The van der Waals surface area contributed by atoms with Gasteiger partial charge in [-0.05, 0) is 41.5 Å². The molecule has 2 aromatic carbocycles. The second kappa shape index (κ2) is 6.38. The number of carboxylic acid groups (broad SMARTS) is 1. The van der Waals surface area contributed by atoms with Gasteiger partial charge in [-0.2, -0.15) is 0 Å². The van der Waals surface area contributed by atoms with Crippen molar-refractivity contribution in [2.24, 2.45) is 0 Å². The molecule has 0 aliphatic rings. The van der Waals surface area contributed by atoms with Crippen molar-refractivity contribution in [1.82, 2.24) is 0 Å². The second-order valence-electron chi connectivity index (χ2n) is 5.36. The number of rotatable bonds is 5. The standard InChI is InChI=1S/C18H20O2/c1-13(2)15-10-7-14(8-11-15)9-12-16-5-3-4-6-17(16)18(19)20/h3-8,10-11,13H,9,12H2,1-2H3,(H,19,20). The molecule has 2 nitrogen and oxygen atoms in total. The second-order valence-corrected chi connectivity index (χ2v) is 5.36. The summed E-state index contributed by atoms with van der Waals surface area (Å²) in [5.41, 5.74) is 3.88. The third kappa shape index (κ3) is 3.47. The predicted molar refractivity (Wildman–Crippen MR) is 81.3 cm³/mol. The van der Waals surface area contributed by atoms with Crippen LogP contribution in [0.25, 0.3) is 0 Å². The van der Waals surface area contributed by atoms with E-state index in [2.05, 4.69) is 38.1 Å². The summed E-state index contributed by atoms with van der Waals surface area (Å²) in [5, 5.41) is 9.16. The summed E-state index contributed by atoms with van der Waals surface area (Å²) in [4.78, 5) is 11.2. The van der Waals surface area contributed by atoms with E-state index in [-0.39, 0.29) is 0 Å². The van der Waals surface area contributed by atoms with Crippen LogP contribution >= 0.6 is 0 Å². The molecule has 0 amide bonds. The molecule has 20 heavy (non-hydrogen) atoms. The van der Waals surface area contributed by atoms with Gasteiger partial charge in [0, 0.05) is 0 Å². The number of aromatic carboxylic acids is 1. The predicted octanol–water partition coefficient (Wildman–Crippen LogP) is 4.29. The molecule has 0 fully saturated rings. The van der Waals surface area contributed by atoms with Crippen LogP contribution in [0.15, 0.2) is 48.5 Å². The summed E-state index contributed by atoms with van der Waals surface area (Å²) in [6, 6.07) is 15.8. The first-order valence-electron chi connectivity index (χ1n) is 6.98. The minimum atomic E-state index is -0.851. The normalized spacial score (nSPS) is 10.8. The van der Waals surface area contributed by atoms with Gasteiger partial charge in [-0.1, -0.05) is 56.3 Å². The summed E-state index contributed by atoms with van der Waals surface area (Å²) in [6.45, 7) is 4.36. The van der Waals surface area contributed by atoms with Crippen LogP contribution in [0.2, 0.25) is 0 Å². The quantitative estimate of drug-likeness (QED) is 0.878. The number of aryl methyl sites for hydroxylation is 2. The fourth-order valence-corrected chi connectivity index (χ4v) is 2.30. The molecule has 0 saturated heterocycles. The first kappa shape index (κ1) is 14.3. The smallest absolute Gasteiger partial charge is 0.335 e. The Hall–Kier alpha value is -2.09. The summed E-state index contributed by atoms with van der Waals surface area (Å²) in [7, 11) is 0. The fraction of sp³-hybridized carbons (Fsp3) is 0.278. The number of hydrogen-bond acceptors (Lipinski definition) is 1. The zero-order valence-corrected chi connectivity index (χ0v) is 12.0. The highest BCUT2D eigenvalue weighted by Crippen LogP contribution is 2.17. The van der Waals surface area contributed by atoms with Gasteiger partial charge in [-0.15, -0.1) is 0 Å². The van der Waals surface area contributed by atoms with Crippen molar-refractivity contribution in [1.29, 1.82) is 0 Å². The average molecular weight is 268 g/mol. The van der Waals surface area contributed by atoms with Gasteiger partial charge in [0.1, 0.15) is 0 Å². The highest BCUT2D eigenvalue weighted by Gasteiger charge is 2.08. The summed E-state index contributed by atoms with van der Waals surface area (Å²) in [5.74, 6) is -0.312. The number of carbonyl (C=O) groups is 1. The van der Waals surface area contributed by atoms with Crippen LogP contribution in [-0.4, -0.2) is 11.1 Å². The van der Waals surface area contributed by atoms with E-state index in [9.17, 15) is 4.79 Å². The molecule has 2 heteroatoms. The maximum Gasteiger partial charge on any atom is 0.335 e. The van der Waals surface area contributed by atoms with Crippen LogP contribution < -0.4 is 0 Å². The van der Waals surface area contributed by atoms with Crippen LogP contribution in [0.3, 0.4) is 0 Å². The molecule has 0 atom stereocenters. The molecule has 0 heterocycles. The van der Waals surface area contributed by atoms with Crippen molar-refractivity contribution in [3.05, 3.63) is 70.8 Å². The van der Waals surface area contributed by atoms with Gasteiger partial charge in [-0.3, -0.25) is 0 Å². The summed E-state index contributed by atoms with van der Waals surface area (Å²) >= 11 is 0. The van der Waals surface area contributed by atoms with E-state index in [0.29, 0.717) is 11.5 Å². The monoisotopic (exact) mass is 268 g/mol. The van der Waals surface area contributed by atoms with E-state index in [1.165, 1.54) is 11.1 Å². The van der Waals surface area contributed by atoms with E-state index in [0.717, 1.165) is 18.4 Å². The first-order valence-corrected chi connectivity index (χ1v) is 6.98. The largest absolute Gasteiger partial charge is 0.478 e. The van der Waals surface area contributed by atoms with Crippen molar-refractivity contribution < 1.29 is 9.90 Å². The third-order valence-electron chi connectivity index (χ3n) is 3.58. The van der Waals surface area contributed by atoms with Crippen LogP contribution in [-0.2, 0) is 12.8 Å². The Kier molecular flexibility index (Phi) is 4.57. The molecule has 0 spiro atoms. The number of benzene rings is 2. The summed E-state index contributed by atoms with van der Waals surface area (Å²) in [6.07, 6.45) is 1.62. The molecule has 0 unspecified atom stereocenters. The Morgan fingerprint density at radius 1 is 1.00 bits per heavy atom. The van der Waals surface area contributed by atoms with Gasteiger partial charge < -0.3 is 5.11 Å². The van der Waals surface area contributed by atoms with E-state index >= 15 is 0 Å². The molecule has 0 bridgehead atoms. The molecule has 0 aromatic heterocycles. The Morgan fingerprint density at radius 2 is 1.65 bits per heavy atom. The van der Waals surface area contributed by atoms with E-state index < -0.39 is 5.97 Å². The lowest BCUT2D eigenvalue weighted by Gasteiger charge is -2.08. The van der Waals surface area contributed by atoms with Gasteiger partial charge in [0.25, 0.3) is 0 Å². The Morgan fingerprint density at radius 3 is 2.25 bits per heavy atom. The number of hydrogen-bond donors (Lipinski definition) is 1. The molecule has 104 valence electrons. The molecule has 2 aromatic rings. The maximum atomic E-state index is 11.2. The fourth-order valence-electron chi connectivity index (χ4n) is 2.30. The highest BCUT2D eigenvalue weighted by molar-refractivity contribution is 5.89. The molecular weight excluding hydrogens is 248 g/mol. The lowest BCUT2D eigenvalue weighted by molar-refractivity contribution is 0.0695. The molecule has 2 rings (SSSR count). The van der Waals surface area contributed by atoms with E-state index in [4.69, 9.17) is 5.11 Å². The maximum absolute atomic E-state index is 11.2. The Balaban J connectivity index is 2.07. The third-order valence-corrected chi connectivity index (χ3v) is 3.58. The van der Waals surface area contributed by atoms with Crippen molar-refractivity contribution in [2.45, 2.75) is 32.6 Å². The minimum absolute atomic E-state index is 0.409. The molecule has 1 N–H and O–H groups in total. The van der Waals surface area contributed by atoms with Gasteiger partial charge >= 0.3 is 5.97 Å². The van der Waals surface area contributed by atoms with E-state index in [1.54, 1.807) is 12.1 Å². The minimum Gasteiger partial charge on any atom is -0.478 e. The number of carboxylic acids is 1. The van der Waals surface area contributed by atoms with Crippen LogP contribution in [0.4, 0.5) is 0 Å². The molecule has 0 aliphatic heterocycles. The Bertz CT molecular complexity index is 583. The van der Waals surface area contributed by atoms with Gasteiger partial charge in [0.05, 0.1) is 5.56 Å². The van der Waals surface area contributed by atoms with Crippen molar-refractivity contribution in [3.8, 4) is 0 Å². The van der Waals surface area contributed by atoms with Crippen LogP contribution in [0.1, 0.15) is 46.8 Å². The lowest BCUT2D eigenvalue weighted by Crippen LogP contribution is -2.03. The highest BCUT2D eigenvalue weighted by atomic mass is 16.4. The van der Waals surface area contributed by atoms with Gasteiger partial charge in [0.15, 0.2) is 0 Å². The molecule has 0 aliphatic carbocycles. The van der Waals surface area contributed by atoms with Crippen LogP contribution in [0, 0.1) is 0 Å². The van der Waals surface area contributed by atoms with E-state index in [1.807, 2.05) is 12.1 Å². The topological polar surface area (TPSA) is 37.3 Å². The van der Waals surface area contributed by atoms with Crippen LogP contribution in [0.5, 0.6) is 0 Å². The van der Waals surface area contributed by atoms with Crippen molar-refractivity contribution in [2.75, 3.05) is 0 Å². The zero-order chi connectivity index (χ0) is 14.5. The molecule has 0 radical (unpaired) electrons. The molecular formula is C18H20O2. The molecule has 0 saturated carbocycles. The average Bonchev–Trinajstić information content (AvgIpc) is 2.45. The Labute approximate surface area is 120 Å². The summed E-state index contributed by atoms with van der Waals surface area (Å²) < 4.78 is 0. The zero-order valence-electron chi connectivity index (χ0n) is 12.0. The van der Waals surface area contributed by atoms with Gasteiger partial charge in [-0.25, -0.2) is 4.79 Å². The van der Waals surface area contributed by atoms with Gasteiger partial charge in [0.2, 0.25) is 0 Å².